The number of aliphatic carboxylic acids is 1. The maximum absolute atomic E-state index is 11.7. The molecule has 1 aromatic rings. The van der Waals surface area contributed by atoms with E-state index in [1.165, 1.54) is 6.07 Å². The summed E-state index contributed by atoms with van der Waals surface area (Å²) in [6.45, 7) is 0. The number of amides is 1. The van der Waals surface area contributed by atoms with E-state index in [-0.39, 0.29) is 11.6 Å². The Kier molecular flexibility index (Phi) is 3.27. The fourth-order valence-electron chi connectivity index (χ4n) is 1.73. The predicted molar refractivity (Wildman–Crippen MR) is 61.1 cm³/mol. The molecule has 1 amide bonds. The molecule has 6 heteroatoms. The Morgan fingerprint density at radius 2 is 2.11 bits per heavy atom. The van der Waals surface area contributed by atoms with Gasteiger partial charge in [-0.1, -0.05) is 12.2 Å². The molecule has 0 aliphatic heterocycles. The quantitative estimate of drug-likeness (QED) is 0.756. The molecule has 2 rings (SSSR count). The Balaban J connectivity index is 1.97. The second-order valence-corrected chi connectivity index (χ2v) is 3.99. The van der Waals surface area contributed by atoms with Crippen LogP contribution in [0.5, 0.6) is 0 Å². The zero-order valence-electron chi connectivity index (χ0n) is 9.33. The second kappa shape index (κ2) is 4.87. The molecule has 1 aromatic heterocycles. The van der Waals surface area contributed by atoms with Crippen molar-refractivity contribution in [2.45, 2.75) is 12.5 Å². The molecule has 94 valence electrons. The minimum absolute atomic E-state index is 0.224. The average molecular weight is 249 g/mol. The topological polar surface area (TPSA) is 96.6 Å². The van der Waals surface area contributed by atoms with Crippen molar-refractivity contribution in [3.8, 4) is 0 Å². The smallest absolute Gasteiger partial charge is 0.335 e. The first-order chi connectivity index (χ1) is 8.56. The summed E-state index contributed by atoms with van der Waals surface area (Å²) in [5, 5.41) is 11.4. The first-order valence-corrected chi connectivity index (χ1v) is 5.37. The SMILES string of the molecule is O=C(NC1C=CC(C(=O)O)C1)c1ccc(=O)oc1. The van der Waals surface area contributed by atoms with Crippen molar-refractivity contribution in [2.75, 3.05) is 0 Å². The van der Waals surface area contributed by atoms with Crippen LogP contribution in [0, 0.1) is 5.92 Å². The summed E-state index contributed by atoms with van der Waals surface area (Å²) in [5.74, 6) is -1.88. The molecule has 2 N–H and O–H groups in total. The van der Waals surface area contributed by atoms with Crippen LogP contribution in [-0.4, -0.2) is 23.0 Å². The molecular formula is C12H11NO5. The van der Waals surface area contributed by atoms with Crippen LogP contribution in [0.1, 0.15) is 16.8 Å². The van der Waals surface area contributed by atoms with Gasteiger partial charge in [-0.25, -0.2) is 4.79 Å². The number of nitrogens with one attached hydrogen (secondary N) is 1. The van der Waals surface area contributed by atoms with Gasteiger partial charge in [0.25, 0.3) is 5.91 Å². The van der Waals surface area contributed by atoms with Crippen molar-refractivity contribution in [1.82, 2.24) is 5.32 Å². The molecule has 18 heavy (non-hydrogen) atoms. The minimum Gasteiger partial charge on any atom is -0.481 e. The first-order valence-electron chi connectivity index (χ1n) is 5.37. The summed E-state index contributed by atoms with van der Waals surface area (Å²) in [6.07, 6.45) is 4.61. The standard InChI is InChI=1S/C12H11NO5/c14-10-4-2-8(6-18-10)11(15)13-9-3-1-7(5-9)12(16)17/h1-4,6-7,9H,5H2,(H,13,15)(H,16,17). The minimum atomic E-state index is -0.909. The maximum atomic E-state index is 11.7. The van der Waals surface area contributed by atoms with Crippen LogP contribution in [0.4, 0.5) is 0 Å². The highest BCUT2D eigenvalue weighted by Gasteiger charge is 2.25. The molecule has 2 atom stereocenters. The fourth-order valence-corrected chi connectivity index (χ4v) is 1.73. The van der Waals surface area contributed by atoms with Gasteiger partial charge in [0.2, 0.25) is 0 Å². The molecule has 0 aromatic carbocycles. The molecule has 0 fully saturated rings. The van der Waals surface area contributed by atoms with Gasteiger partial charge in [-0.15, -0.1) is 0 Å². The van der Waals surface area contributed by atoms with Gasteiger partial charge in [0.15, 0.2) is 0 Å². The predicted octanol–water partition coefficient (Wildman–Crippen LogP) is 0.399. The van der Waals surface area contributed by atoms with Crippen molar-refractivity contribution in [2.24, 2.45) is 5.92 Å². The zero-order chi connectivity index (χ0) is 13.1. The van der Waals surface area contributed by atoms with E-state index in [1.807, 2.05) is 0 Å². The van der Waals surface area contributed by atoms with Crippen LogP contribution < -0.4 is 10.9 Å². The fraction of sp³-hybridized carbons (Fsp3) is 0.250. The summed E-state index contributed by atoms with van der Waals surface area (Å²) in [4.78, 5) is 33.2. The normalized spacial score (nSPS) is 21.8. The number of hydrogen-bond acceptors (Lipinski definition) is 4. The van der Waals surface area contributed by atoms with Gasteiger partial charge in [-0.05, 0) is 12.5 Å². The molecule has 6 nitrogen and oxygen atoms in total. The van der Waals surface area contributed by atoms with Crippen molar-refractivity contribution < 1.29 is 19.1 Å². The molecule has 0 saturated heterocycles. The van der Waals surface area contributed by atoms with Crippen molar-refractivity contribution in [1.29, 1.82) is 0 Å². The van der Waals surface area contributed by atoms with E-state index in [9.17, 15) is 14.4 Å². The highest BCUT2D eigenvalue weighted by atomic mass is 16.4. The second-order valence-electron chi connectivity index (χ2n) is 3.99. The third kappa shape index (κ3) is 2.65. The summed E-state index contributed by atoms with van der Waals surface area (Å²) in [7, 11) is 0. The zero-order valence-corrected chi connectivity index (χ0v) is 9.33. The Morgan fingerprint density at radius 3 is 2.67 bits per heavy atom. The molecule has 1 aliphatic rings. The van der Waals surface area contributed by atoms with Gasteiger partial charge < -0.3 is 14.8 Å². The summed E-state index contributed by atoms with van der Waals surface area (Å²) >= 11 is 0. The Hall–Kier alpha value is -2.37. The molecule has 0 bridgehead atoms. The van der Waals surface area contributed by atoms with Crippen LogP contribution in [-0.2, 0) is 4.79 Å². The lowest BCUT2D eigenvalue weighted by Crippen LogP contribution is -2.33. The summed E-state index contributed by atoms with van der Waals surface area (Å²) < 4.78 is 4.57. The van der Waals surface area contributed by atoms with Gasteiger partial charge in [0.1, 0.15) is 6.26 Å². The van der Waals surface area contributed by atoms with Crippen LogP contribution in [0.3, 0.4) is 0 Å². The number of carbonyl (C=O) groups is 2. The van der Waals surface area contributed by atoms with E-state index in [2.05, 4.69) is 9.73 Å². The Morgan fingerprint density at radius 1 is 1.33 bits per heavy atom. The lowest BCUT2D eigenvalue weighted by Gasteiger charge is -2.11. The molecule has 1 heterocycles. The van der Waals surface area contributed by atoms with E-state index < -0.39 is 23.4 Å². The van der Waals surface area contributed by atoms with Crippen LogP contribution in [0.15, 0.2) is 39.8 Å². The highest BCUT2D eigenvalue weighted by Crippen LogP contribution is 2.18. The summed E-state index contributed by atoms with van der Waals surface area (Å²) in [6, 6.07) is 2.19. The van der Waals surface area contributed by atoms with E-state index in [1.54, 1.807) is 12.2 Å². The van der Waals surface area contributed by atoms with Crippen molar-refractivity contribution >= 4 is 11.9 Å². The highest BCUT2D eigenvalue weighted by molar-refractivity contribution is 5.94. The molecule has 0 radical (unpaired) electrons. The van der Waals surface area contributed by atoms with Gasteiger partial charge in [0.05, 0.1) is 11.5 Å². The summed E-state index contributed by atoms with van der Waals surface area (Å²) in [5.41, 5.74) is -0.306. The largest absolute Gasteiger partial charge is 0.481 e. The number of carboxylic acid groups (broad SMARTS) is 1. The lowest BCUT2D eigenvalue weighted by molar-refractivity contribution is -0.140. The third-order valence-electron chi connectivity index (χ3n) is 2.68. The maximum Gasteiger partial charge on any atom is 0.335 e. The molecule has 0 spiro atoms. The van der Waals surface area contributed by atoms with Crippen molar-refractivity contribution in [3.63, 3.8) is 0 Å². The molecule has 1 aliphatic carbocycles. The van der Waals surface area contributed by atoms with Gasteiger partial charge >= 0.3 is 11.6 Å². The Labute approximate surface area is 102 Å². The van der Waals surface area contributed by atoms with Crippen molar-refractivity contribution in [3.05, 3.63) is 46.5 Å². The first kappa shape index (κ1) is 12.1. The van der Waals surface area contributed by atoms with Gasteiger partial charge in [-0.3, -0.25) is 9.59 Å². The monoisotopic (exact) mass is 249 g/mol. The van der Waals surface area contributed by atoms with E-state index in [0.29, 0.717) is 6.42 Å². The number of carbonyl (C=O) groups excluding carboxylic acids is 1. The lowest BCUT2D eigenvalue weighted by atomic mass is 10.1. The van der Waals surface area contributed by atoms with Gasteiger partial charge in [0, 0.05) is 12.1 Å². The number of rotatable bonds is 3. The van der Waals surface area contributed by atoms with Crippen LogP contribution in [0.25, 0.3) is 0 Å². The van der Waals surface area contributed by atoms with Crippen LogP contribution in [0.2, 0.25) is 0 Å². The molecule has 2 unspecified atom stereocenters. The van der Waals surface area contributed by atoms with E-state index >= 15 is 0 Å². The van der Waals surface area contributed by atoms with Crippen LogP contribution >= 0.6 is 0 Å². The number of hydrogen-bond donors (Lipinski definition) is 2. The van der Waals surface area contributed by atoms with E-state index in [0.717, 1.165) is 12.3 Å². The molecular weight excluding hydrogens is 238 g/mol. The number of carboxylic acids is 1. The molecule has 0 saturated carbocycles. The van der Waals surface area contributed by atoms with Gasteiger partial charge in [-0.2, -0.15) is 0 Å². The third-order valence-corrected chi connectivity index (χ3v) is 2.68. The van der Waals surface area contributed by atoms with E-state index in [4.69, 9.17) is 5.11 Å². The average Bonchev–Trinajstić information content (AvgIpc) is 2.78. The Bertz CT molecular complexity index is 539.